The van der Waals surface area contributed by atoms with E-state index in [2.05, 4.69) is 20.6 Å². The molecule has 0 saturated carbocycles. The minimum absolute atomic E-state index is 0.0743. The second-order valence-electron chi connectivity index (χ2n) is 6.08. The van der Waals surface area contributed by atoms with Crippen LogP contribution < -0.4 is 5.32 Å². The summed E-state index contributed by atoms with van der Waals surface area (Å²) in [5.41, 5.74) is 0.751. The lowest BCUT2D eigenvalue weighted by Gasteiger charge is -2.31. The third-order valence-corrected chi connectivity index (χ3v) is 5.70. The molecule has 0 radical (unpaired) electrons. The zero-order valence-electron chi connectivity index (χ0n) is 13.6. The number of aromatic nitrogens is 4. The fraction of sp³-hybridized carbons (Fsp3) is 0.375. The van der Waals surface area contributed by atoms with E-state index in [0.717, 1.165) is 34.3 Å². The standard InChI is InChI=1S/C16H17ClN6OS/c1-10-19-20-16-23(10)21-14(25-16)11-6-8-22(9-7-11)15(24)18-13-4-2-12(17)3-5-13/h2-5,11H,6-9H2,1H3,(H,18,24). The van der Waals surface area contributed by atoms with Gasteiger partial charge in [-0.15, -0.1) is 10.2 Å². The van der Waals surface area contributed by atoms with Crippen molar-refractivity contribution in [3.63, 3.8) is 0 Å². The average Bonchev–Trinajstić information content (AvgIpc) is 3.19. The molecule has 2 aromatic heterocycles. The molecule has 1 aliphatic heterocycles. The van der Waals surface area contributed by atoms with Crippen molar-refractivity contribution < 1.29 is 4.79 Å². The van der Waals surface area contributed by atoms with Crippen LogP contribution in [0.15, 0.2) is 24.3 Å². The Kier molecular flexibility index (Phi) is 4.30. The largest absolute Gasteiger partial charge is 0.324 e. The monoisotopic (exact) mass is 376 g/mol. The Bertz CT molecular complexity index is 897. The summed E-state index contributed by atoms with van der Waals surface area (Å²) in [6, 6.07) is 7.05. The van der Waals surface area contributed by atoms with Crippen LogP contribution in [0.3, 0.4) is 0 Å². The molecular formula is C16H17ClN6OS. The number of hydrogen-bond acceptors (Lipinski definition) is 5. The summed E-state index contributed by atoms with van der Waals surface area (Å²) in [5, 5.41) is 17.4. The number of benzene rings is 1. The van der Waals surface area contributed by atoms with E-state index in [1.165, 1.54) is 0 Å². The number of likely N-dealkylation sites (tertiary alicyclic amines) is 1. The van der Waals surface area contributed by atoms with Gasteiger partial charge in [-0.3, -0.25) is 0 Å². The van der Waals surface area contributed by atoms with Crippen molar-refractivity contribution in [1.29, 1.82) is 0 Å². The molecule has 4 rings (SSSR count). The van der Waals surface area contributed by atoms with Gasteiger partial charge >= 0.3 is 6.03 Å². The van der Waals surface area contributed by atoms with Gasteiger partial charge in [-0.05, 0) is 44.0 Å². The average molecular weight is 377 g/mol. The first-order chi connectivity index (χ1) is 12.1. The van der Waals surface area contributed by atoms with E-state index in [-0.39, 0.29) is 6.03 Å². The summed E-state index contributed by atoms with van der Waals surface area (Å²) in [7, 11) is 0. The van der Waals surface area contributed by atoms with Gasteiger partial charge in [0.1, 0.15) is 5.01 Å². The van der Waals surface area contributed by atoms with Crippen LogP contribution in [0.25, 0.3) is 4.96 Å². The van der Waals surface area contributed by atoms with Gasteiger partial charge in [0, 0.05) is 29.7 Å². The lowest BCUT2D eigenvalue weighted by atomic mass is 9.98. The number of anilines is 1. The highest BCUT2D eigenvalue weighted by Gasteiger charge is 2.26. The maximum absolute atomic E-state index is 12.4. The van der Waals surface area contributed by atoms with Crippen LogP contribution in [-0.4, -0.2) is 43.8 Å². The number of piperidine rings is 1. The molecule has 0 unspecified atom stereocenters. The number of rotatable bonds is 2. The summed E-state index contributed by atoms with van der Waals surface area (Å²) in [5.74, 6) is 1.17. The van der Waals surface area contributed by atoms with Gasteiger partial charge in [-0.25, -0.2) is 4.79 Å². The zero-order valence-corrected chi connectivity index (χ0v) is 15.2. The molecule has 0 bridgehead atoms. The fourth-order valence-electron chi connectivity index (χ4n) is 2.96. The molecule has 1 fully saturated rings. The first-order valence-corrected chi connectivity index (χ1v) is 9.30. The first kappa shape index (κ1) is 16.3. The molecule has 1 aliphatic rings. The highest BCUT2D eigenvalue weighted by atomic mass is 35.5. The molecule has 0 atom stereocenters. The van der Waals surface area contributed by atoms with E-state index >= 15 is 0 Å². The third-order valence-electron chi connectivity index (χ3n) is 4.39. The lowest BCUT2D eigenvalue weighted by molar-refractivity contribution is 0.194. The maximum Gasteiger partial charge on any atom is 0.321 e. The number of fused-ring (bicyclic) bond motifs is 1. The van der Waals surface area contributed by atoms with Crippen LogP contribution in [-0.2, 0) is 0 Å². The van der Waals surface area contributed by atoms with E-state index in [4.69, 9.17) is 11.6 Å². The van der Waals surface area contributed by atoms with E-state index in [1.807, 2.05) is 11.8 Å². The predicted molar refractivity (Wildman–Crippen MR) is 97.4 cm³/mol. The van der Waals surface area contributed by atoms with Crippen LogP contribution in [0, 0.1) is 6.92 Å². The minimum Gasteiger partial charge on any atom is -0.324 e. The topological polar surface area (TPSA) is 75.4 Å². The number of halogens is 1. The number of hydrogen-bond donors (Lipinski definition) is 1. The van der Waals surface area contributed by atoms with Crippen molar-refractivity contribution in [2.24, 2.45) is 0 Å². The fourth-order valence-corrected chi connectivity index (χ4v) is 4.14. The molecule has 7 nitrogen and oxygen atoms in total. The van der Waals surface area contributed by atoms with Crippen molar-refractivity contribution in [1.82, 2.24) is 24.7 Å². The van der Waals surface area contributed by atoms with E-state index in [0.29, 0.717) is 24.0 Å². The van der Waals surface area contributed by atoms with Gasteiger partial charge in [0.2, 0.25) is 4.96 Å². The second-order valence-corrected chi connectivity index (χ2v) is 7.50. The summed E-state index contributed by atoms with van der Waals surface area (Å²) >= 11 is 7.45. The van der Waals surface area contributed by atoms with Crippen molar-refractivity contribution in [3.8, 4) is 0 Å². The Morgan fingerprint density at radius 3 is 2.64 bits per heavy atom. The van der Waals surface area contributed by atoms with Gasteiger partial charge in [-0.1, -0.05) is 22.9 Å². The number of nitrogens with one attached hydrogen (secondary N) is 1. The molecular weight excluding hydrogens is 360 g/mol. The number of amides is 2. The summed E-state index contributed by atoms with van der Waals surface area (Å²) in [6.45, 7) is 3.32. The van der Waals surface area contributed by atoms with Gasteiger partial charge in [0.15, 0.2) is 5.82 Å². The van der Waals surface area contributed by atoms with Crippen LogP contribution in [0.4, 0.5) is 10.5 Å². The second kappa shape index (κ2) is 6.61. The number of urea groups is 1. The number of aryl methyl sites for hydroxylation is 1. The van der Waals surface area contributed by atoms with E-state index in [9.17, 15) is 4.79 Å². The molecule has 3 aromatic rings. The molecule has 1 saturated heterocycles. The highest BCUT2D eigenvalue weighted by molar-refractivity contribution is 7.16. The van der Waals surface area contributed by atoms with Crippen molar-refractivity contribution in [3.05, 3.63) is 40.1 Å². The highest BCUT2D eigenvalue weighted by Crippen LogP contribution is 2.31. The van der Waals surface area contributed by atoms with Crippen LogP contribution in [0.5, 0.6) is 0 Å². The smallest absolute Gasteiger partial charge is 0.321 e. The van der Waals surface area contributed by atoms with E-state index in [1.54, 1.807) is 40.1 Å². The molecule has 3 heterocycles. The van der Waals surface area contributed by atoms with Crippen LogP contribution in [0.2, 0.25) is 5.02 Å². The van der Waals surface area contributed by atoms with E-state index < -0.39 is 0 Å². The SMILES string of the molecule is Cc1nnc2sc(C3CCN(C(=O)Nc4ccc(Cl)cc4)CC3)nn12. The van der Waals surface area contributed by atoms with Gasteiger partial charge in [-0.2, -0.15) is 9.61 Å². The zero-order chi connectivity index (χ0) is 17.4. The van der Waals surface area contributed by atoms with Gasteiger partial charge < -0.3 is 10.2 Å². The first-order valence-electron chi connectivity index (χ1n) is 8.10. The molecule has 1 aromatic carbocycles. The summed E-state index contributed by atoms with van der Waals surface area (Å²) < 4.78 is 1.79. The normalized spacial score (nSPS) is 15.7. The molecule has 9 heteroatoms. The minimum atomic E-state index is -0.0743. The number of nitrogens with zero attached hydrogens (tertiary/aromatic N) is 5. The third kappa shape index (κ3) is 3.32. The van der Waals surface area contributed by atoms with Gasteiger partial charge in [0.05, 0.1) is 0 Å². The summed E-state index contributed by atoms with van der Waals surface area (Å²) in [6.07, 6.45) is 1.80. The molecule has 25 heavy (non-hydrogen) atoms. The van der Waals surface area contributed by atoms with Crippen molar-refractivity contribution >= 4 is 39.6 Å². The molecule has 130 valence electrons. The Morgan fingerprint density at radius 2 is 1.96 bits per heavy atom. The molecule has 1 N–H and O–H groups in total. The lowest BCUT2D eigenvalue weighted by Crippen LogP contribution is -2.40. The Labute approximate surface area is 153 Å². The van der Waals surface area contributed by atoms with Crippen LogP contribution >= 0.6 is 22.9 Å². The molecule has 0 spiro atoms. The van der Waals surface area contributed by atoms with Crippen molar-refractivity contribution in [2.75, 3.05) is 18.4 Å². The molecule has 0 aliphatic carbocycles. The Morgan fingerprint density at radius 1 is 1.24 bits per heavy atom. The Balaban J connectivity index is 1.37. The van der Waals surface area contributed by atoms with Crippen molar-refractivity contribution in [2.45, 2.75) is 25.7 Å². The maximum atomic E-state index is 12.4. The number of carbonyl (C=O) groups is 1. The van der Waals surface area contributed by atoms with Gasteiger partial charge in [0.25, 0.3) is 0 Å². The van der Waals surface area contributed by atoms with Crippen LogP contribution in [0.1, 0.15) is 29.6 Å². The quantitative estimate of drug-likeness (QED) is 0.742. The molecule has 2 amide bonds. The predicted octanol–water partition coefficient (Wildman–Crippen LogP) is 3.56. The Hall–Kier alpha value is -2.19. The number of carbonyl (C=O) groups excluding carboxylic acids is 1. The summed E-state index contributed by atoms with van der Waals surface area (Å²) in [4.78, 5) is 15.1.